The van der Waals surface area contributed by atoms with Crippen molar-refractivity contribution in [3.63, 3.8) is 0 Å². The van der Waals surface area contributed by atoms with Gasteiger partial charge in [-0.1, -0.05) is 11.6 Å². The Balaban J connectivity index is 2.89. The molecule has 4 nitrogen and oxygen atoms in total. The maximum Gasteiger partial charge on any atom is 0.707 e. The lowest BCUT2D eigenvalue weighted by Gasteiger charge is -2.11. The second kappa shape index (κ2) is 4.81. The molecule has 0 aliphatic heterocycles. The van der Waals surface area contributed by atoms with Crippen molar-refractivity contribution in [3.05, 3.63) is 23.2 Å². The molecule has 0 amide bonds. The van der Waals surface area contributed by atoms with Crippen molar-refractivity contribution >= 4 is 18.9 Å². The molecule has 0 aromatic heterocycles. The normalized spacial score (nSPS) is 11.1. The fraction of sp³-hybridized carbons (Fsp3) is 0.143. The van der Waals surface area contributed by atoms with Gasteiger partial charge in [-0.3, -0.25) is 0 Å². The second-order valence-corrected chi connectivity index (χ2v) is 2.99. The molecule has 2 N–H and O–H groups in total. The smallest absolute Gasteiger partial charge is 0.511 e. The van der Waals surface area contributed by atoms with Crippen LogP contribution in [0.5, 0.6) is 11.5 Å². The van der Waals surface area contributed by atoms with E-state index >= 15 is 0 Å². The Morgan fingerprint density at radius 3 is 2.38 bits per heavy atom. The standard InChI is InChI=1S/C7H5BClF3O4/c9-5-2-1-4(15-7(10,11)12)3-6(5)16-8(13)14/h1-3,13-14H. The van der Waals surface area contributed by atoms with Gasteiger partial charge in [0.1, 0.15) is 11.5 Å². The molecule has 9 heteroatoms. The van der Waals surface area contributed by atoms with E-state index < -0.39 is 19.4 Å². The molecule has 1 rings (SSSR count). The quantitative estimate of drug-likeness (QED) is 0.806. The van der Waals surface area contributed by atoms with E-state index in [0.717, 1.165) is 18.2 Å². The molecule has 0 aliphatic rings. The van der Waals surface area contributed by atoms with Crippen LogP contribution in [0.4, 0.5) is 13.2 Å². The second-order valence-electron chi connectivity index (χ2n) is 2.58. The zero-order chi connectivity index (χ0) is 12.3. The lowest BCUT2D eigenvalue weighted by molar-refractivity contribution is -0.274. The summed E-state index contributed by atoms with van der Waals surface area (Å²) >= 11 is 5.53. The molecule has 0 fully saturated rings. The molecule has 1 aromatic rings. The Morgan fingerprint density at radius 1 is 1.25 bits per heavy atom. The van der Waals surface area contributed by atoms with Crippen LogP contribution >= 0.6 is 11.6 Å². The van der Waals surface area contributed by atoms with Gasteiger partial charge in [0, 0.05) is 6.07 Å². The summed E-state index contributed by atoms with van der Waals surface area (Å²) in [6, 6.07) is 2.82. The van der Waals surface area contributed by atoms with E-state index in [1.165, 1.54) is 0 Å². The van der Waals surface area contributed by atoms with Crippen molar-refractivity contribution < 1.29 is 32.6 Å². The van der Waals surface area contributed by atoms with Crippen molar-refractivity contribution in [2.24, 2.45) is 0 Å². The van der Waals surface area contributed by atoms with Crippen LogP contribution in [0.3, 0.4) is 0 Å². The third kappa shape index (κ3) is 4.17. The maximum atomic E-state index is 11.8. The minimum absolute atomic E-state index is 0.0809. The van der Waals surface area contributed by atoms with Crippen LogP contribution in [0.2, 0.25) is 5.02 Å². The van der Waals surface area contributed by atoms with E-state index in [0.29, 0.717) is 0 Å². The largest absolute Gasteiger partial charge is 0.707 e. The number of benzene rings is 1. The first-order valence-corrected chi connectivity index (χ1v) is 4.24. The number of ether oxygens (including phenoxy) is 1. The predicted molar refractivity (Wildman–Crippen MR) is 49.0 cm³/mol. The Morgan fingerprint density at radius 2 is 1.88 bits per heavy atom. The van der Waals surface area contributed by atoms with Gasteiger partial charge in [0.05, 0.1) is 5.02 Å². The van der Waals surface area contributed by atoms with E-state index in [4.69, 9.17) is 21.6 Å². The number of halogens is 4. The molecule has 0 unspecified atom stereocenters. The molecule has 0 radical (unpaired) electrons. The summed E-state index contributed by atoms with van der Waals surface area (Å²) in [7, 11) is -2.18. The summed E-state index contributed by atoms with van der Waals surface area (Å²) < 4.78 is 43.4. The minimum atomic E-state index is -4.84. The van der Waals surface area contributed by atoms with E-state index in [9.17, 15) is 13.2 Å². The first kappa shape index (κ1) is 13.0. The summed E-state index contributed by atoms with van der Waals surface area (Å²) in [6.07, 6.45) is -4.84. The average Bonchev–Trinajstić information content (AvgIpc) is 2.07. The van der Waals surface area contributed by atoms with Crippen molar-refractivity contribution in [2.75, 3.05) is 0 Å². The van der Waals surface area contributed by atoms with Crippen molar-refractivity contribution in [2.45, 2.75) is 6.36 Å². The number of alkyl halides is 3. The molecule has 1 aromatic carbocycles. The summed E-state index contributed by atoms with van der Waals surface area (Å²) in [5.41, 5.74) is 0. The number of hydrogen-bond acceptors (Lipinski definition) is 4. The molecule has 0 spiro atoms. The van der Waals surface area contributed by atoms with E-state index in [1.54, 1.807) is 0 Å². The van der Waals surface area contributed by atoms with E-state index in [-0.39, 0.29) is 10.8 Å². The fourth-order valence-corrected chi connectivity index (χ4v) is 1.05. The molecule has 0 bridgehead atoms. The SMILES string of the molecule is OB(O)Oc1cc(OC(F)(F)F)ccc1Cl. The van der Waals surface area contributed by atoms with Gasteiger partial charge in [0.25, 0.3) is 0 Å². The fourth-order valence-electron chi connectivity index (χ4n) is 0.885. The van der Waals surface area contributed by atoms with Crippen LogP contribution in [0.1, 0.15) is 0 Å². The van der Waals surface area contributed by atoms with Crippen LogP contribution in [-0.2, 0) is 0 Å². The van der Waals surface area contributed by atoms with E-state index in [2.05, 4.69) is 9.39 Å². The van der Waals surface area contributed by atoms with Crippen molar-refractivity contribution in [1.82, 2.24) is 0 Å². The highest BCUT2D eigenvalue weighted by Gasteiger charge is 2.31. The summed E-state index contributed by atoms with van der Waals surface area (Å²) in [6.45, 7) is 0. The molecule has 16 heavy (non-hydrogen) atoms. The third-order valence-corrected chi connectivity index (χ3v) is 1.68. The highest BCUT2D eigenvalue weighted by atomic mass is 35.5. The van der Waals surface area contributed by atoms with E-state index in [1.807, 2.05) is 0 Å². The minimum Gasteiger partial charge on any atom is -0.511 e. The van der Waals surface area contributed by atoms with Gasteiger partial charge in [-0.15, -0.1) is 13.2 Å². The first-order chi connectivity index (χ1) is 7.28. The van der Waals surface area contributed by atoms with Crippen LogP contribution in [0, 0.1) is 0 Å². The maximum absolute atomic E-state index is 11.8. The predicted octanol–water partition coefficient (Wildman–Crippen LogP) is 1.59. The Labute approximate surface area is 93.3 Å². The Kier molecular flexibility index (Phi) is 3.90. The first-order valence-electron chi connectivity index (χ1n) is 3.86. The highest BCUT2D eigenvalue weighted by molar-refractivity contribution is 6.36. The zero-order valence-corrected chi connectivity index (χ0v) is 8.29. The van der Waals surface area contributed by atoms with Gasteiger partial charge in [0.15, 0.2) is 0 Å². The molecule has 0 atom stereocenters. The van der Waals surface area contributed by atoms with Crippen LogP contribution in [0.15, 0.2) is 18.2 Å². The molecule has 88 valence electrons. The Hall–Kier alpha value is -1.12. The number of hydrogen-bond donors (Lipinski definition) is 2. The topological polar surface area (TPSA) is 58.9 Å². The highest BCUT2D eigenvalue weighted by Crippen LogP contribution is 2.31. The zero-order valence-electron chi connectivity index (χ0n) is 7.53. The van der Waals surface area contributed by atoms with Crippen LogP contribution < -0.4 is 9.39 Å². The summed E-state index contributed by atoms with van der Waals surface area (Å²) in [4.78, 5) is 0. The molecular formula is C7H5BClF3O4. The van der Waals surface area contributed by atoms with Gasteiger partial charge in [-0.25, -0.2) is 0 Å². The number of rotatable bonds is 3. The van der Waals surface area contributed by atoms with Gasteiger partial charge >= 0.3 is 13.7 Å². The van der Waals surface area contributed by atoms with Crippen molar-refractivity contribution in [3.8, 4) is 11.5 Å². The monoisotopic (exact) mass is 256 g/mol. The molecule has 0 heterocycles. The summed E-state index contributed by atoms with van der Waals surface area (Å²) in [5, 5.41) is 16.8. The molecule has 0 saturated heterocycles. The molecule has 0 saturated carbocycles. The molecular weight excluding hydrogens is 251 g/mol. The lowest BCUT2D eigenvalue weighted by Crippen LogP contribution is -2.21. The van der Waals surface area contributed by atoms with Gasteiger partial charge < -0.3 is 19.4 Å². The van der Waals surface area contributed by atoms with Gasteiger partial charge in [-0.2, -0.15) is 0 Å². The lowest BCUT2D eigenvalue weighted by atomic mass is 10.2. The third-order valence-electron chi connectivity index (χ3n) is 1.37. The van der Waals surface area contributed by atoms with Gasteiger partial charge in [0.2, 0.25) is 0 Å². The summed E-state index contributed by atoms with van der Waals surface area (Å²) in [5.74, 6) is -0.911. The molecule has 0 aliphatic carbocycles. The van der Waals surface area contributed by atoms with Crippen LogP contribution in [-0.4, -0.2) is 23.7 Å². The van der Waals surface area contributed by atoms with Crippen molar-refractivity contribution in [1.29, 1.82) is 0 Å². The Bertz CT molecular complexity index is 371. The van der Waals surface area contributed by atoms with Gasteiger partial charge in [-0.05, 0) is 12.1 Å². The van der Waals surface area contributed by atoms with Crippen LogP contribution in [0.25, 0.3) is 0 Å². The average molecular weight is 256 g/mol.